The number of nitrogens with zero attached hydrogens (tertiary/aromatic N) is 1. The van der Waals surface area contributed by atoms with Gasteiger partial charge in [-0.1, -0.05) is 0 Å². The summed E-state index contributed by atoms with van der Waals surface area (Å²) in [6, 6.07) is 0.978. The van der Waals surface area contributed by atoms with Gasteiger partial charge in [0.15, 0.2) is 11.6 Å². The summed E-state index contributed by atoms with van der Waals surface area (Å²) in [5.41, 5.74) is 3.72. The van der Waals surface area contributed by atoms with Crippen molar-refractivity contribution in [2.45, 2.75) is 18.1 Å². The van der Waals surface area contributed by atoms with Gasteiger partial charge in [0, 0.05) is 32.1 Å². The molecule has 8 heteroatoms. The van der Waals surface area contributed by atoms with Crippen LogP contribution < -0.4 is 20.7 Å². The van der Waals surface area contributed by atoms with Gasteiger partial charge in [0.25, 0.3) is 5.91 Å². The van der Waals surface area contributed by atoms with Crippen molar-refractivity contribution < 1.29 is 23.1 Å². The molecule has 1 aromatic carbocycles. The van der Waals surface area contributed by atoms with Crippen LogP contribution in [0.15, 0.2) is 12.1 Å². The fourth-order valence-electron chi connectivity index (χ4n) is 2.81. The van der Waals surface area contributed by atoms with Gasteiger partial charge in [-0.15, -0.1) is 0 Å². The normalized spacial score (nSPS) is 27.7. The number of benzene rings is 1. The van der Waals surface area contributed by atoms with Crippen LogP contribution in [-0.4, -0.2) is 37.0 Å². The molecule has 1 aromatic rings. The molecule has 6 nitrogen and oxygen atoms in total. The van der Waals surface area contributed by atoms with Crippen molar-refractivity contribution >= 4 is 17.5 Å². The van der Waals surface area contributed by atoms with E-state index in [1.165, 1.54) is 7.05 Å². The molecule has 1 saturated heterocycles. The number of halogens is 2. The standard InChI is InChI=1S/C13H13F2N3O3/c1-18-10-7(15)2-6(14)3-9(10)21-13(12(18)20)4-8(11(16)19)17-5-13/h2-3,8,17H,4-5H2,1H3,(H2,16,19)/t8-,13+/m0/s1. The van der Waals surface area contributed by atoms with E-state index in [2.05, 4.69) is 5.32 Å². The minimum atomic E-state index is -1.37. The number of nitrogens with one attached hydrogen (secondary N) is 1. The largest absolute Gasteiger partial charge is 0.474 e. The van der Waals surface area contributed by atoms with Gasteiger partial charge in [0.1, 0.15) is 11.5 Å². The van der Waals surface area contributed by atoms with Gasteiger partial charge >= 0.3 is 0 Å². The van der Waals surface area contributed by atoms with Gasteiger partial charge in [0.2, 0.25) is 11.5 Å². The number of amides is 2. The predicted molar refractivity (Wildman–Crippen MR) is 68.7 cm³/mol. The van der Waals surface area contributed by atoms with Crippen molar-refractivity contribution in [3.05, 3.63) is 23.8 Å². The number of likely N-dealkylation sites (N-methyl/N-ethyl adjacent to an activating group) is 1. The number of carbonyl (C=O) groups excluding carboxylic acids is 2. The lowest BCUT2D eigenvalue weighted by atomic mass is 9.95. The maximum absolute atomic E-state index is 13.8. The van der Waals surface area contributed by atoms with Crippen molar-refractivity contribution in [1.29, 1.82) is 0 Å². The maximum atomic E-state index is 13.8. The van der Waals surface area contributed by atoms with Crippen molar-refractivity contribution in [2.24, 2.45) is 5.73 Å². The van der Waals surface area contributed by atoms with E-state index in [1.807, 2.05) is 0 Å². The van der Waals surface area contributed by atoms with Gasteiger partial charge in [-0.05, 0) is 0 Å². The number of hydrogen-bond donors (Lipinski definition) is 2. The zero-order valence-corrected chi connectivity index (χ0v) is 11.2. The molecule has 0 unspecified atom stereocenters. The Morgan fingerprint density at radius 1 is 1.52 bits per heavy atom. The topological polar surface area (TPSA) is 84.7 Å². The Balaban J connectivity index is 2.04. The average Bonchev–Trinajstić information content (AvgIpc) is 2.80. The first-order valence-electron chi connectivity index (χ1n) is 6.33. The number of primary amides is 1. The van der Waals surface area contributed by atoms with Crippen molar-refractivity contribution in [1.82, 2.24) is 5.32 Å². The lowest BCUT2D eigenvalue weighted by Crippen LogP contribution is -2.56. The molecule has 0 aromatic heterocycles. The molecule has 3 N–H and O–H groups in total. The highest BCUT2D eigenvalue weighted by atomic mass is 19.1. The average molecular weight is 297 g/mol. The second-order valence-electron chi connectivity index (χ2n) is 5.23. The molecule has 1 spiro atoms. The molecule has 1 fully saturated rings. The Morgan fingerprint density at radius 3 is 2.86 bits per heavy atom. The molecule has 0 radical (unpaired) electrons. The summed E-state index contributed by atoms with van der Waals surface area (Å²) in [6.07, 6.45) is 0.0169. The first kappa shape index (κ1) is 13.7. The molecule has 2 aliphatic heterocycles. The summed E-state index contributed by atoms with van der Waals surface area (Å²) in [7, 11) is 1.38. The highest BCUT2D eigenvalue weighted by molar-refractivity contribution is 6.03. The van der Waals surface area contributed by atoms with E-state index >= 15 is 0 Å². The Kier molecular flexibility index (Phi) is 2.87. The van der Waals surface area contributed by atoms with E-state index in [1.54, 1.807) is 0 Å². The second kappa shape index (κ2) is 4.39. The van der Waals surface area contributed by atoms with Gasteiger partial charge in [-0.3, -0.25) is 9.59 Å². The minimum absolute atomic E-state index is 0.0169. The predicted octanol–water partition coefficient (Wildman–Crippen LogP) is -0.0940. The summed E-state index contributed by atoms with van der Waals surface area (Å²) in [4.78, 5) is 24.8. The number of hydrogen-bond acceptors (Lipinski definition) is 4. The lowest BCUT2D eigenvalue weighted by Gasteiger charge is -2.38. The minimum Gasteiger partial charge on any atom is -0.474 e. The molecule has 2 atom stereocenters. The fourth-order valence-corrected chi connectivity index (χ4v) is 2.81. The Bertz CT molecular complexity index is 652. The zero-order chi connectivity index (χ0) is 15.4. The van der Waals surface area contributed by atoms with E-state index in [9.17, 15) is 18.4 Å². The number of nitrogens with two attached hydrogens (primary N) is 1. The van der Waals surface area contributed by atoms with Gasteiger partial charge in [-0.25, -0.2) is 8.78 Å². The molecule has 2 amide bonds. The van der Waals surface area contributed by atoms with E-state index in [0.717, 1.165) is 11.0 Å². The molecular weight excluding hydrogens is 284 g/mol. The molecule has 21 heavy (non-hydrogen) atoms. The number of ether oxygens (including phenoxy) is 1. The van der Waals surface area contributed by atoms with Crippen LogP contribution in [0, 0.1) is 11.6 Å². The van der Waals surface area contributed by atoms with Crippen LogP contribution in [-0.2, 0) is 9.59 Å². The molecule has 0 bridgehead atoms. The molecule has 112 valence electrons. The highest BCUT2D eigenvalue weighted by Crippen LogP contribution is 2.42. The van der Waals surface area contributed by atoms with Crippen molar-refractivity contribution in [3.63, 3.8) is 0 Å². The monoisotopic (exact) mass is 297 g/mol. The Morgan fingerprint density at radius 2 is 2.24 bits per heavy atom. The van der Waals surface area contributed by atoms with E-state index in [0.29, 0.717) is 6.07 Å². The third-order valence-electron chi connectivity index (χ3n) is 3.84. The first-order valence-corrected chi connectivity index (χ1v) is 6.33. The van der Waals surface area contributed by atoms with E-state index in [4.69, 9.17) is 10.5 Å². The Hall–Kier alpha value is -2.22. The Labute approximate surface area is 118 Å². The summed E-state index contributed by atoms with van der Waals surface area (Å²) < 4.78 is 32.7. The first-order chi connectivity index (χ1) is 9.84. The van der Waals surface area contributed by atoms with Crippen molar-refractivity contribution in [3.8, 4) is 5.75 Å². The number of carbonyl (C=O) groups is 2. The summed E-state index contributed by atoms with van der Waals surface area (Å²) in [5, 5.41) is 2.79. The molecular formula is C13H13F2N3O3. The van der Waals surface area contributed by atoms with Crippen LogP contribution >= 0.6 is 0 Å². The third-order valence-corrected chi connectivity index (χ3v) is 3.84. The number of anilines is 1. The fraction of sp³-hybridized carbons (Fsp3) is 0.385. The SMILES string of the molecule is CN1C(=O)[C@@]2(CN[C@H](C(N)=O)C2)Oc2cc(F)cc(F)c21. The summed E-state index contributed by atoms with van der Waals surface area (Å²) in [6.45, 7) is 0.0430. The van der Waals surface area contributed by atoms with Gasteiger partial charge in [-0.2, -0.15) is 0 Å². The summed E-state index contributed by atoms with van der Waals surface area (Å²) in [5.74, 6) is -2.87. The third kappa shape index (κ3) is 1.94. The van der Waals surface area contributed by atoms with E-state index < -0.39 is 35.1 Å². The quantitative estimate of drug-likeness (QED) is 0.758. The van der Waals surface area contributed by atoms with Crippen LogP contribution in [0.5, 0.6) is 5.75 Å². The molecule has 2 aliphatic rings. The van der Waals surface area contributed by atoms with Crippen LogP contribution in [0.3, 0.4) is 0 Å². The smallest absolute Gasteiger partial charge is 0.272 e. The van der Waals surface area contributed by atoms with Crippen LogP contribution in [0.4, 0.5) is 14.5 Å². The van der Waals surface area contributed by atoms with Crippen LogP contribution in [0.2, 0.25) is 0 Å². The lowest BCUT2D eigenvalue weighted by molar-refractivity contribution is -0.134. The molecule has 0 aliphatic carbocycles. The van der Waals surface area contributed by atoms with Gasteiger partial charge < -0.3 is 20.7 Å². The second-order valence-corrected chi connectivity index (χ2v) is 5.23. The van der Waals surface area contributed by atoms with E-state index in [-0.39, 0.29) is 24.4 Å². The molecule has 0 saturated carbocycles. The zero-order valence-electron chi connectivity index (χ0n) is 11.2. The van der Waals surface area contributed by atoms with Crippen LogP contribution in [0.25, 0.3) is 0 Å². The highest BCUT2D eigenvalue weighted by Gasteiger charge is 2.54. The molecule has 3 rings (SSSR count). The van der Waals surface area contributed by atoms with Crippen molar-refractivity contribution in [2.75, 3.05) is 18.5 Å². The summed E-state index contributed by atoms with van der Waals surface area (Å²) >= 11 is 0. The number of rotatable bonds is 1. The van der Waals surface area contributed by atoms with Crippen LogP contribution in [0.1, 0.15) is 6.42 Å². The number of fused-ring (bicyclic) bond motifs is 1. The maximum Gasteiger partial charge on any atom is 0.272 e. The van der Waals surface area contributed by atoms with Gasteiger partial charge in [0.05, 0.1) is 6.04 Å². The molecule has 2 heterocycles.